The largest absolute Gasteiger partial charge is 0.508 e. The molecule has 3 saturated heterocycles. The normalized spacial score (nSPS) is 19.0. The van der Waals surface area contributed by atoms with E-state index in [-0.39, 0.29) is 112 Å². The average Bonchev–Trinajstić information content (AvgIpc) is 4.11. The van der Waals surface area contributed by atoms with Crippen LogP contribution in [0.1, 0.15) is 112 Å². The van der Waals surface area contributed by atoms with Crippen molar-refractivity contribution in [3.05, 3.63) is 29.8 Å². The highest BCUT2D eigenvalue weighted by Crippen LogP contribution is 2.30. The molecular formula is C56H91N7O16. The molecule has 3 heterocycles. The van der Waals surface area contributed by atoms with Gasteiger partial charge in [0.1, 0.15) is 17.8 Å². The van der Waals surface area contributed by atoms with Gasteiger partial charge in [-0.05, 0) is 68.2 Å². The minimum absolute atomic E-state index is 0.0204. The second kappa shape index (κ2) is 33.5. The Bertz CT molecular complexity index is 2110. The highest BCUT2D eigenvalue weighted by molar-refractivity contribution is 6.01. The van der Waals surface area contributed by atoms with Crippen LogP contribution in [0.3, 0.4) is 0 Å². The zero-order valence-electron chi connectivity index (χ0n) is 48.6. The van der Waals surface area contributed by atoms with E-state index in [1.54, 1.807) is 35.9 Å². The molecule has 9 atom stereocenters. The maximum Gasteiger partial charge on any atom is 0.335 e. The van der Waals surface area contributed by atoms with Crippen LogP contribution in [-0.2, 0) is 78.1 Å². The van der Waals surface area contributed by atoms with Gasteiger partial charge in [0.05, 0.1) is 95.3 Å². The number of aromatic hydroxyl groups is 1. The van der Waals surface area contributed by atoms with E-state index in [2.05, 4.69) is 10.6 Å². The SMILES string of the molecule is CC[C@H](C)[C@@H]([C@@H](CC(=O)N1CCC[C@H]1[C@H](OC)[C@@H](C)C(=O)N[C@@H](Cc1ccc(O)cc1)C(=O)N1CCCCO1)OC)N(C)C(=O)[C@@H](NC(=O)C(C(C)C)N(C)CCOCCOCCOCCC(=O)ON1C(=O)CCC1=O)C(C)C. The van der Waals surface area contributed by atoms with Gasteiger partial charge in [0, 0.05) is 60.2 Å². The van der Waals surface area contributed by atoms with Crippen LogP contribution in [0.2, 0.25) is 0 Å². The van der Waals surface area contributed by atoms with Crippen LogP contribution in [0, 0.1) is 23.7 Å². The zero-order valence-corrected chi connectivity index (χ0v) is 48.6. The number of phenols is 1. The molecule has 1 aromatic carbocycles. The Morgan fingerprint density at radius 3 is 1.99 bits per heavy atom. The molecule has 23 nitrogen and oxygen atoms in total. The molecule has 3 aliphatic rings. The summed E-state index contributed by atoms with van der Waals surface area (Å²) in [6.45, 7) is 16.4. The van der Waals surface area contributed by atoms with Gasteiger partial charge in [0.2, 0.25) is 23.6 Å². The number of benzene rings is 1. The number of methoxy groups -OCH3 is 2. The summed E-state index contributed by atoms with van der Waals surface area (Å²) in [4.78, 5) is 122. The first-order valence-electron chi connectivity index (χ1n) is 28.1. The van der Waals surface area contributed by atoms with Crippen molar-refractivity contribution in [1.82, 2.24) is 35.5 Å². The van der Waals surface area contributed by atoms with Crippen LogP contribution >= 0.6 is 0 Å². The van der Waals surface area contributed by atoms with E-state index in [9.17, 15) is 43.5 Å². The van der Waals surface area contributed by atoms with Crippen LogP contribution < -0.4 is 10.6 Å². The number of hydrogen-bond donors (Lipinski definition) is 3. The first-order valence-corrected chi connectivity index (χ1v) is 28.1. The second-order valence-corrected chi connectivity index (χ2v) is 21.5. The number of likely N-dealkylation sites (tertiary alicyclic amines) is 1. The molecule has 0 bridgehead atoms. The fraction of sp³-hybridized carbons (Fsp3) is 0.750. The molecule has 1 unspecified atom stereocenters. The lowest BCUT2D eigenvalue weighted by atomic mass is 9.89. The lowest BCUT2D eigenvalue weighted by molar-refractivity contribution is -0.199. The van der Waals surface area contributed by atoms with Crippen molar-refractivity contribution in [3.63, 3.8) is 0 Å². The van der Waals surface area contributed by atoms with Crippen molar-refractivity contribution >= 4 is 47.3 Å². The van der Waals surface area contributed by atoms with Gasteiger partial charge in [0.25, 0.3) is 17.7 Å². The van der Waals surface area contributed by atoms with Crippen LogP contribution in [0.15, 0.2) is 24.3 Å². The number of nitrogens with one attached hydrogen (secondary N) is 2. The summed E-state index contributed by atoms with van der Waals surface area (Å²) in [6, 6.07) is 2.97. The van der Waals surface area contributed by atoms with Gasteiger partial charge in [-0.3, -0.25) is 43.3 Å². The van der Waals surface area contributed by atoms with Gasteiger partial charge in [0.15, 0.2) is 0 Å². The molecule has 3 N–H and O–H groups in total. The smallest absolute Gasteiger partial charge is 0.335 e. The summed E-state index contributed by atoms with van der Waals surface area (Å²) in [5, 5.41) is 17.7. The second-order valence-electron chi connectivity index (χ2n) is 21.5. The number of nitrogens with zero attached hydrogens (tertiary/aromatic N) is 5. The summed E-state index contributed by atoms with van der Waals surface area (Å²) in [6.07, 6.45) is 2.06. The average molecular weight is 1120 g/mol. The molecule has 0 radical (unpaired) electrons. The Hall–Kier alpha value is -5.30. The molecule has 79 heavy (non-hydrogen) atoms. The van der Waals surface area contributed by atoms with Gasteiger partial charge in [-0.25, -0.2) is 9.86 Å². The topological polar surface area (TPSA) is 262 Å². The maximum absolute atomic E-state index is 14.7. The Kier molecular flexibility index (Phi) is 28.0. The quantitative estimate of drug-likeness (QED) is 0.0662. The Balaban J connectivity index is 1.31. The van der Waals surface area contributed by atoms with Crippen molar-refractivity contribution < 1.29 is 76.8 Å². The first-order chi connectivity index (χ1) is 37.6. The summed E-state index contributed by atoms with van der Waals surface area (Å²) >= 11 is 0. The molecule has 0 saturated carbocycles. The summed E-state index contributed by atoms with van der Waals surface area (Å²) < 4.78 is 28.9. The number of carbonyl (C=O) groups excluding carboxylic acids is 8. The van der Waals surface area contributed by atoms with E-state index in [0.717, 1.165) is 18.4 Å². The highest BCUT2D eigenvalue weighted by Gasteiger charge is 2.44. The number of carbonyl (C=O) groups is 8. The van der Waals surface area contributed by atoms with Crippen LogP contribution in [0.25, 0.3) is 0 Å². The van der Waals surface area contributed by atoms with Crippen LogP contribution in [0.5, 0.6) is 5.75 Å². The fourth-order valence-corrected chi connectivity index (χ4v) is 10.5. The molecule has 1 aromatic rings. The Morgan fingerprint density at radius 2 is 1.42 bits per heavy atom. The highest BCUT2D eigenvalue weighted by atomic mass is 16.7. The monoisotopic (exact) mass is 1120 g/mol. The Morgan fingerprint density at radius 1 is 0.785 bits per heavy atom. The molecule has 3 aliphatic heterocycles. The molecule has 0 aromatic heterocycles. The van der Waals surface area contributed by atoms with E-state index in [0.29, 0.717) is 57.2 Å². The lowest BCUT2D eigenvalue weighted by Crippen LogP contribution is -2.60. The maximum atomic E-state index is 14.7. The van der Waals surface area contributed by atoms with Crippen LogP contribution in [-0.4, -0.2) is 214 Å². The number of amides is 7. The van der Waals surface area contributed by atoms with Crippen LogP contribution in [0.4, 0.5) is 0 Å². The number of hydroxylamine groups is 4. The third-order valence-electron chi connectivity index (χ3n) is 15.1. The summed E-state index contributed by atoms with van der Waals surface area (Å²) in [5.74, 6) is -4.70. The van der Waals surface area contributed by atoms with Crippen molar-refractivity contribution in [1.29, 1.82) is 0 Å². The zero-order chi connectivity index (χ0) is 58.3. The van der Waals surface area contributed by atoms with E-state index in [1.807, 2.05) is 53.5 Å². The molecular weight excluding hydrogens is 1030 g/mol. The van der Waals surface area contributed by atoms with E-state index in [1.165, 1.54) is 31.4 Å². The molecule has 7 amide bonds. The number of imide groups is 1. The van der Waals surface area contributed by atoms with Gasteiger partial charge in [-0.15, -0.1) is 5.06 Å². The number of hydrogen-bond acceptors (Lipinski definition) is 17. The Labute approximate surface area is 466 Å². The van der Waals surface area contributed by atoms with Crippen molar-refractivity contribution in [3.8, 4) is 5.75 Å². The molecule has 446 valence electrons. The third kappa shape index (κ3) is 19.7. The molecule has 0 spiro atoms. The molecule has 23 heteroatoms. The molecule has 0 aliphatic carbocycles. The van der Waals surface area contributed by atoms with Crippen molar-refractivity contribution in [2.75, 3.05) is 94.2 Å². The number of likely N-dealkylation sites (N-methyl/N-ethyl adjacent to an activating group) is 2. The van der Waals surface area contributed by atoms with Crippen molar-refractivity contribution in [2.24, 2.45) is 23.7 Å². The summed E-state index contributed by atoms with van der Waals surface area (Å²) in [7, 11) is 6.56. The first kappa shape index (κ1) is 66.2. The lowest BCUT2D eigenvalue weighted by Gasteiger charge is -2.41. The van der Waals surface area contributed by atoms with E-state index >= 15 is 0 Å². The fourth-order valence-electron chi connectivity index (χ4n) is 10.5. The van der Waals surface area contributed by atoms with Crippen molar-refractivity contribution in [2.45, 2.75) is 155 Å². The minimum atomic E-state index is -0.963. The number of phenolic OH excluding ortho intramolecular Hbond substituents is 1. The summed E-state index contributed by atoms with van der Waals surface area (Å²) in [5.41, 5.74) is 0.735. The third-order valence-corrected chi connectivity index (χ3v) is 15.1. The van der Waals surface area contributed by atoms with E-state index < -0.39 is 72.0 Å². The number of ether oxygens (including phenoxy) is 5. The predicted octanol–water partition coefficient (Wildman–Crippen LogP) is 3.04. The van der Waals surface area contributed by atoms with E-state index in [4.69, 9.17) is 33.4 Å². The van der Waals surface area contributed by atoms with Gasteiger partial charge < -0.3 is 54.1 Å². The molecule has 3 fully saturated rings. The minimum Gasteiger partial charge on any atom is -0.508 e. The van der Waals surface area contributed by atoms with Gasteiger partial charge in [-0.1, -0.05) is 67.0 Å². The van der Waals surface area contributed by atoms with Gasteiger partial charge >= 0.3 is 5.97 Å². The number of rotatable bonds is 34. The standard InChI is InChI=1S/C56H91N7O16/c1-12-38(6)51(44(73-10)35-47(67)61-24-15-16-43(61)52(74-11)39(7)53(69)57-42(34-40-17-19-41(64)20-18-40)55(71)62-25-13-14-27-78-62)60(9)56(72)49(36(2)3)58-54(70)50(37(4)5)59(8)26-29-76-31-33-77-32-30-75-28-23-48(68)79-63-45(65)21-22-46(63)66/h17-20,36-39,42-44,49-52,64H,12-16,21-35H2,1-11H3,(H,57,69)(H,58,70)/t38-,39+,42-,43-,44+,49-,50?,51-,52+/m0/s1. The molecule has 4 rings (SSSR count). The predicted molar refractivity (Wildman–Crippen MR) is 289 cm³/mol. The van der Waals surface area contributed by atoms with Gasteiger partial charge in [-0.2, -0.15) is 0 Å².